The molecule has 0 fully saturated rings. The Hall–Kier alpha value is -3.25. The summed E-state index contributed by atoms with van der Waals surface area (Å²) in [4.78, 5) is 25.5. The second-order valence-corrected chi connectivity index (χ2v) is 6.54. The SMILES string of the molecule is Cc1ccccc1C(=O)Nc1cccc(C(=O)NN=Cc2cccs2)c1. The number of nitrogens with one attached hydrogen (secondary N) is 2. The van der Waals surface area contributed by atoms with Crippen LogP contribution < -0.4 is 10.7 Å². The summed E-state index contributed by atoms with van der Waals surface area (Å²) in [5.74, 6) is -0.554. The van der Waals surface area contributed by atoms with Crippen molar-refractivity contribution in [3.63, 3.8) is 0 Å². The highest BCUT2D eigenvalue weighted by Gasteiger charge is 2.10. The Morgan fingerprint density at radius 2 is 1.85 bits per heavy atom. The molecule has 2 N–H and O–H groups in total. The summed E-state index contributed by atoms with van der Waals surface area (Å²) < 4.78 is 0. The largest absolute Gasteiger partial charge is 0.322 e. The van der Waals surface area contributed by atoms with Crippen LogP contribution in [0.1, 0.15) is 31.2 Å². The number of benzene rings is 2. The van der Waals surface area contributed by atoms with Gasteiger partial charge in [-0.3, -0.25) is 9.59 Å². The van der Waals surface area contributed by atoms with Crippen molar-refractivity contribution in [1.82, 2.24) is 5.43 Å². The Labute approximate surface area is 155 Å². The summed E-state index contributed by atoms with van der Waals surface area (Å²) in [6.45, 7) is 1.88. The van der Waals surface area contributed by atoms with Crippen molar-refractivity contribution in [2.75, 3.05) is 5.32 Å². The average Bonchev–Trinajstić information content (AvgIpc) is 3.15. The molecule has 1 heterocycles. The number of aryl methyl sites for hydroxylation is 1. The Kier molecular flexibility index (Phi) is 5.56. The quantitative estimate of drug-likeness (QED) is 0.530. The molecular formula is C20H17N3O2S. The van der Waals surface area contributed by atoms with Gasteiger partial charge in [-0.25, -0.2) is 5.43 Å². The number of carbonyl (C=O) groups excluding carboxylic acids is 2. The summed E-state index contributed by atoms with van der Waals surface area (Å²) in [5.41, 5.74) is 4.94. The zero-order valence-electron chi connectivity index (χ0n) is 14.1. The molecule has 0 aliphatic carbocycles. The highest BCUT2D eigenvalue weighted by molar-refractivity contribution is 7.11. The lowest BCUT2D eigenvalue weighted by molar-refractivity contribution is 0.0953. The monoisotopic (exact) mass is 363 g/mol. The second kappa shape index (κ2) is 8.22. The predicted molar refractivity (Wildman–Crippen MR) is 105 cm³/mol. The first kappa shape index (κ1) is 17.6. The van der Waals surface area contributed by atoms with E-state index in [1.165, 1.54) is 11.3 Å². The number of hydrogen-bond acceptors (Lipinski definition) is 4. The molecule has 1 aromatic heterocycles. The molecule has 0 spiro atoms. The smallest absolute Gasteiger partial charge is 0.271 e. The van der Waals surface area contributed by atoms with E-state index in [2.05, 4.69) is 15.8 Å². The standard InChI is InChI=1S/C20H17N3O2S/c1-14-6-2-3-10-18(14)20(25)22-16-8-4-7-15(12-16)19(24)23-21-13-17-9-5-11-26-17/h2-13H,1H3,(H,22,25)(H,23,24). The summed E-state index contributed by atoms with van der Waals surface area (Å²) in [6.07, 6.45) is 1.59. The molecule has 2 aromatic carbocycles. The van der Waals surface area contributed by atoms with Crippen LogP contribution in [0.3, 0.4) is 0 Å². The molecular weight excluding hydrogens is 346 g/mol. The van der Waals surface area contributed by atoms with Gasteiger partial charge in [0.05, 0.1) is 6.21 Å². The number of anilines is 1. The van der Waals surface area contributed by atoms with E-state index >= 15 is 0 Å². The van der Waals surface area contributed by atoms with Gasteiger partial charge in [0.25, 0.3) is 11.8 Å². The predicted octanol–water partition coefficient (Wildman–Crippen LogP) is 4.07. The third-order valence-electron chi connectivity index (χ3n) is 3.67. The molecule has 0 aliphatic rings. The van der Waals surface area contributed by atoms with Crippen molar-refractivity contribution in [2.45, 2.75) is 6.92 Å². The third kappa shape index (κ3) is 4.43. The first-order chi connectivity index (χ1) is 12.6. The number of nitrogens with zero attached hydrogens (tertiary/aromatic N) is 1. The number of hydrazone groups is 1. The van der Waals surface area contributed by atoms with Crippen LogP contribution in [0.5, 0.6) is 0 Å². The third-order valence-corrected chi connectivity index (χ3v) is 4.48. The molecule has 130 valence electrons. The summed E-state index contributed by atoms with van der Waals surface area (Å²) in [7, 11) is 0. The minimum atomic E-state index is -0.343. The van der Waals surface area contributed by atoms with Crippen LogP contribution in [0.15, 0.2) is 71.1 Å². The van der Waals surface area contributed by atoms with Crippen LogP contribution in [0.4, 0.5) is 5.69 Å². The van der Waals surface area contributed by atoms with Crippen molar-refractivity contribution >= 4 is 35.1 Å². The second-order valence-electron chi connectivity index (χ2n) is 5.56. The first-order valence-corrected chi connectivity index (χ1v) is 8.85. The zero-order chi connectivity index (χ0) is 18.4. The lowest BCUT2D eigenvalue weighted by atomic mass is 10.1. The molecule has 0 radical (unpaired) electrons. The Morgan fingerprint density at radius 1 is 1.00 bits per heavy atom. The van der Waals surface area contributed by atoms with Crippen LogP contribution >= 0.6 is 11.3 Å². The van der Waals surface area contributed by atoms with Gasteiger partial charge in [-0.05, 0) is 48.2 Å². The lowest BCUT2D eigenvalue weighted by Gasteiger charge is -2.08. The Bertz CT molecular complexity index is 949. The summed E-state index contributed by atoms with van der Waals surface area (Å²) in [6, 6.07) is 17.9. The van der Waals surface area contributed by atoms with Gasteiger partial charge in [0.1, 0.15) is 0 Å². The molecule has 2 amide bonds. The van der Waals surface area contributed by atoms with Gasteiger partial charge >= 0.3 is 0 Å². The van der Waals surface area contributed by atoms with Crippen LogP contribution in [0.2, 0.25) is 0 Å². The molecule has 6 heteroatoms. The topological polar surface area (TPSA) is 70.6 Å². The Balaban J connectivity index is 1.67. The van der Waals surface area contributed by atoms with Crippen molar-refractivity contribution in [3.05, 3.63) is 87.6 Å². The van der Waals surface area contributed by atoms with E-state index in [0.29, 0.717) is 16.8 Å². The number of amides is 2. The number of thiophene rings is 1. The molecule has 26 heavy (non-hydrogen) atoms. The van der Waals surface area contributed by atoms with Crippen LogP contribution in [-0.2, 0) is 0 Å². The van der Waals surface area contributed by atoms with Gasteiger partial charge in [-0.1, -0.05) is 30.3 Å². The van der Waals surface area contributed by atoms with Crippen molar-refractivity contribution in [2.24, 2.45) is 5.10 Å². The molecule has 0 aliphatic heterocycles. The van der Waals surface area contributed by atoms with E-state index < -0.39 is 0 Å². The fourth-order valence-corrected chi connectivity index (χ4v) is 2.93. The molecule has 0 atom stereocenters. The van der Waals surface area contributed by atoms with Crippen LogP contribution in [-0.4, -0.2) is 18.0 Å². The van der Waals surface area contributed by atoms with E-state index in [1.807, 2.05) is 42.6 Å². The summed E-state index contributed by atoms with van der Waals surface area (Å²) >= 11 is 1.53. The molecule has 0 saturated heterocycles. The van der Waals surface area contributed by atoms with Gasteiger partial charge < -0.3 is 5.32 Å². The van der Waals surface area contributed by atoms with Gasteiger partial charge in [0.15, 0.2) is 0 Å². The average molecular weight is 363 g/mol. The van der Waals surface area contributed by atoms with E-state index in [-0.39, 0.29) is 11.8 Å². The maximum atomic E-state index is 12.4. The van der Waals surface area contributed by atoms with Gasteiger partial charge in [0.2, 0.25) is 0 Å². The number of carbonyl (C=O) groups is 2. The Morgan fingerprint density at radius 3 is 2.62 bits per heavy atom. The fourth-order valence-electron chi connectivity index (χ4n) is 2.35. The van der Waals surface area contributed by atoms with E-state index in [9.17, 15) is 9.59 Å². The van der Waals surface area contributed by atoms with Crippen molar-refractivity contribution < 1.29 is 9.59 Å². The fraction of sp³-hybridized carbons (Fsp3) is 0.0500. The summed E-state index contributed by atoms with van der Waals surface area (Å²) in [5, 5.41) is 8.69. The van der Waals surface area contributed by atoms with Gasteiger partial charge in [-0.2, -0.15) is 5.10 Å². The maximum absolute atomic E-state index is 12.4. The zero-order valence-corrected chi connectivity index (χ0v) is 14.9. The van der Waals surface area contributed by atoms with E-state index in [4.69, 9.17) is 0 Å². The number of hydrogen-bond donors (Lipinski definition) is 2. The lowest BCUT2D eigenvalue weighted by Crippen LogP contribution is -2.18. The minimum Gasteiger partial charge on any atom is -0.322 e. The number of rotatable bonds is 5. The van der Waals surface area contributed by atoms with Gasteiger partial charge in [-0.15, -0.1) is 11.3 Å². The van der Waals surface area contributed by atoms with Crippen molar-refractivity contribution in [3.8, 4) is 0 Å². The molecule has 0 saturated carbocycles. The highest BCUT2D eigenvalue weighted by Crippen LogP contribution is 2.14. The highest BCUT2D eigenvalue weighted by atomic mass is 32.1. The van der Waals surface area contributed by atoms with Crippen LogP contribution in [0.25, 0.3) is 0 Å². The minimum absolute atomic E-state index is 0.212. The molecule has 0 bridgehead atoms. The molecule has 0 unspecified atom stereocenters. The molecule has 3 rings (SSSR count). The van der Waals surface area contributed by atoms with Gasteiger partial charge in [0, 0.05) is 21.7 Å². The van der Waals surface area contributed by atoms with E-state index in [0.717, 1.165) is 10.4 Å². The van der Waals surface area contributed by atoms with Crippen LogP contribution in [0, 0.1) is 6.92 Å². The molecule has 5 nitrogen and oxygen atoms in total. The maximum Gasteiger partial charge on any atom is 0.271 e. The first-order valence-electron chi connectivity index (χ1n) is 7.97. The molecule has 3 aromatic rings. The normalized spacial score (nSPS) is 10.7. The van der Waals surface area contributed by atoms with Crippen molar-refractivity contribution in [1.29, 1.82) is 0 Å². The van der Waals surface area contributed by atoms with E-state index in [1.54, 1.807) is 36.5 Å².